The van der Waals surface area contributed by atoms with Gasteiger partial charge in [0.05, 0.1) is 31.3 Å². The Morgan fingerprint density at radius 1 is 0.625 bits per heavy atom. The number of hydrogen-bond donors (Lipinski definition) is 9. The number of hydrogen-bond acceptors (Lipinski definition) is 11. The summed E-state index contributed by atoms with van der Waals surface area (Å²) in [6, 6.07) is -1.25. The van der Waals surface area contributed by atoms with Gasteiger partial charge in [-0.3, -0.25) is 13.8 Å². The van der Waals surface area contributed by atoms with Gasteiger partial charge in [0.2, 0.25) is 5.91 Å². The van der Waals surface area contributed by atoms with Crippen molar-refractivity contribution in [2.75, 3.05) is 6.61 Å². The molecular weight excluding hydrogens is 741 g/mol. The zero-order chi connectivity index (χ0) is 41.6. The van der Waals surface area contributed by atoms with Crippen molar-refractivity contribution in [1.82, 2.24) is 5.32 Å². The van der Waals surface area contributed by atoms with E-state index in [1.165, 1.54) is 102 Å². The maximum absolute atomic E-state index is 12.9. The third-order valence-corrected chi connectivity index (χ3v) is 11.5. The van der Waals surface area contributed by atoms with Crippen LogP contribution in [0.25, 0.3) is 0 Å². The maximum Gasteiger partial charge on any atom is 0.472 e. The molecule has 1 amide bonds. The summed E-state index contributed by atoms with van der Waals surface area (Å²) in [6.45, 7) is 3.69. The van der Waals surface area contributed by atoms with Crippen LogP contribution in [-0.4, -0.2) is 108 Å². The molecule has 0 aromatic rings. The smallest absolute Gasteiger partial charge is 0.393 e. The predicted molar refractivity (Wildman–Crippen MR) is 220 cm³/mol. The van der Waals surface area contributed by atoms with Crippen LogP contribution in [0.3, 0.4) is 0 Å². The van der Waals surface area contributed by atoms with Crippen LogP contribution in [0.2, 0.25) is 0 Å². The highest BCUT2D eigenvalue weighted by atomic mass is 31.2. The van der Waals surface area contributed by atoms with Crippen LogP contribution >= 0.6 is 7.82 Å². The molecule has 1 fully saturated rings. The molecule has 8 atom stereocenters. The van der Waals surface area contributed by atoms with Gasteiger partial charge in [0.15, 0.2) is 0 Å². The monoisotopic (exact) mass is 822 g/mol. The number of unbranched alkanes of at least 4 members (excludes halogenated alkanes) is 20. The second-order valence-electron chi connectivity index (χ2n) is 15.7. The van der Waals surface area contributed by atoms with E-state index in [1.54, 1.807) is 6.08 Å². The average Bonchev–Trinajstić information content (AvgIpc) is 3.17. The molecule has 0 radical (unpaired) electrons. The summed E-state index contributed by atoms with van der Waals surface area (Å²) in [7, 11) is -5.14. The molecular formula is C42H80NO12P. The molecule has 1 rings (SSSR count). The van der Waals surface area contributed by atoms with Gasteiger partial charge in [-0.1, -0.05) is 160 Å². The van der Waals surface area contributed by atoms with Crippen molar-refractivity contribution in [3.8, 4) is 0 Å². The lowest BCUT2D eigenvalue weighted by atomic mass is 9.85. The number of amides is 1. The Labute approximate surface area is 337 Å². The molecule has 0 bridgehead atoms. The molecule has 0 heterocycles. The highest BCUT2D eigenvalue weighted by Crippen LogP contribution is 2.47. The van der Waals surface area contributed by atoms with E-state index in [1.807, 2.05) is 0 Å². The quantitative estimate of drug-likeness (QED) is 0.0192. The summed E-state index contributed by atoms with van der Waals surface area (Å²) >= 11 is 0. The van der Waals surface area contributed by atoms with Gasteiger partial charge in [-0.2, -0.15) is 0 Å². The summed E-state index contributed by atoms with van der Waals surface area (Å²) in [6.07, 6.45) is 19.9. The summed E-state index contributed by atoms with van der Waals surface area (Å²) in [5.74, 6) is -0.604. The molecule has 14 heteroatoms. The molecule has 56 heavy (non-hydrogen) atoms. The van der Waals surface area contributed by atoms with E-state index in [9.17, 15) is 50.0 Å². The van der Waals surface area contributed by atoms with E-state index in [0.29, 0.717) is 12.8 Å². The molecule has 1 aliphatic rings. The number of aliphatic hydroxyl groups is 7. The zero-order valence-corrected chi connectivity index (χ0v) is 35.4. The summed E-state index contributed by atoms with van der Waals surface area (Å²) in [4.78, 5) is 23.3. The van der Waals surface area contributed by atoms with E-state index in [2.05, 4.69) is 31.3 Å². The Balaban J connectivity index is 2.63. The van der Waals surface area contributed by atoms with E-state index < -0.39 is 75.2 Å². The van der Waals surface area contributed by atoms with Crippen LogP contribution in [0, 0.1) is 0 Å². The Morgan fingerprint density at radius 3 is 1.57 bits per heavy atom. The van der Waals surface area contributed by atoms with Crippen molar-refractivity contribution in [3.63, 3.8) is 0 Å². The molecule has 0 aromatic heterocycles. The van der Waals surface area contributed by atoms with Crippen molar-refractivity contribution in [3.05, 3.63) is 24.3 Å². The topological polar surface area (TPSA) is 226 Å². The minimum absolute atomic E-state index is 0.250. The van der Waals surface area contributed by atoms with E-state index in [-0.39, 0.29) is 6.42 Å². The fraction of sp³-hybridized carbons (Fsp3) is 0.881. The SMILES string of the molecule is CCCCCCCCCCC/C=C/CC/C=C/C(O)C(COP(=O)(O)OC1C(O)C(O)C(O)C(O)C1O)NC(=O)CC(O)CCCCCCCCCCCCC. The number of allylic oxidation sites excluding steroid dienone is 3. The lowest BCUT2D eigenvalue weighted by molar-refractivity contribution is -0.220. The molecule has 330 valence electrons. The first-order valence-corrected chi connectivity index (χ1v) is 23.4. The Morgan fingerprint density at radius 2 is 1.05 bits per heavy atom. The normalized spacial score (nSPS) is 24.4. The van der Waals surface area contributed by atoms with Crippen molar-refractivity contribution < 1.29 is 59.0 Å². The first-order valence-electron chi connectivity index (χ1n) is 21.9. The molecule has 1 saturated carbocycles. The Bertz CT molecular complexity index is 1060. The first kappa shape index (κ1) is 52.8. The number of carbonyl (C=O) groups excluding carboxylic acids is 1. The van der Waals surface area contributed by atoms with Crippen molar-refractivity contribution in [1.29, 1.82) is 0 Å². The summed E-state index contributed by atoms with van der Waals surface area (Å²) in [5.41, 5.74) is 0. The molecule has 8 unspecified atom stereocenters. The highest BCUT2D eigenvalue weighted by molar-refractivity contribution is 7.47. The van der Waals surface area contributed by atoms with Crippen LogP contribution in [0.4, 0.5) is 0 Å². The number of phosphoric ester groups is 1. The minimum Gasteiger partial charge on any atom is -0.393 e. The Hall–Kier alpha value is -1.22. The van der Waals surface area contributed by atoms with Crippen molar-refractivity contribution >= 4 is 13.7 Å². The van der Waals surface area contributed by atoms with Gasteiger partial charge >= 0.3 is 7.82 Å². The highest BCUT2D eigenvalue weighted by Gasteiger charge is 2.51. The van der Waals surface area contributed by atoms with Gasteiger partial charge in [-0.05, 0) is 32.1 Å². The second kappa shape index (κ2) is 32.6. The third kappa shape index (κ3) is 24.6. The number of aliphatic hydroxyl groups excluding tert-OH is 7. The largest absolute Gasteiger partial charge is 0.472 e. The molecule has 0 aromatic carbocycles. The van der Waals surface area contributed by atoms with Gasteiger partial charge in [-0.15, -0.1) is 0 Å². The molecule has 0 aliphatic heterocycles. The first-order chi connectivity index (χ1) is 26.8. The number of rotatable bonds is 35. The summed E-state index contributed by atoms with van der Waals surface area (Å²) < 4.78 is 22.8. The van der Waals surface area contributed by atoms with E-state index >= 15 is 0 Å². The lowest BCUT2D eigenvalue weighted by Crippen LogP contribution is -2.64. The van der Waals surface area contributed by atoms with Crippen LogP contribution in [0.5, 0.6) is 0 Å². The molecule has 9 N–H and O–H groups in total. The van der Waals surface area contributed by atoms with Crippen molar-refractivity contribution in [2.24, 2.45) is 0 Å². The zero-order valence-electron chi connectivity index (χ0n) is 34.5. The minimum atomic E-state index is -5.14. The molecule has 13 nitrogen and oxygen atoms in total. The summed E-state index contributed by atoms with van der Waals surface area (Å²) in [5, 5.41) is 74.2. The number of phosphoric acid groups is 1. The van der Waals surface area contributed by atoms with Crippen LogP contribution < -0.4 is 5.32 Å². The van der Waals surface area contributed by atoms with Gasteiger partial charge in [0, 0.05) is 0 Å². The second-order valence-corrected chi connectivity index (χ2v) is 17.1. The maximum atomic E-state index is 12.9. The van der Waals surface area contributed by atoms with E-state index in [0.717, 1.165) is 44.9 Å². The van der Waals surface area contributed by atoms with Crippen LogP contribution in [-0.2, 0) is 18.4 Å². The van der Waals surface area contributed by atoms with Gasteiger partial charge < -0.3 is 46.0 Å². The van der Waals surface area contributed by atoms with Crippen molar-refractivity contribution in [2.45, 2.75) is 229 Å². The number of carbonyl (C=O) groups is 1. The molecule has 1 aliphatic carbocycles. The van der Waals surface area contributed by atoms with E-state index in [4.69, 9.17) is 9.05 Å². The van der Waals surface area contributed by atoms with Gasteiger partial charge in [0.25, 0.3) is 0 Å². The molecule has 0 saturated heterocycles. The van der Waals surface area contributed by atoms with Gasteiger partial charge in [-0.25, -0.2) is 4.57 Å². The Kier molecular flexibility index (Phi) is 30.7. The van der Waals surface area contributed by atoms with Gasteiger partial charge in [0.1, 0.15) is 36.6 Å². The standard InChI is InChI=1S/C42H80NO12P/c1-3-5-7-9-11-13-15-16-17-18-20-22-24-26-28-30-35(45)34(32-54-56(52,53)55-42-40(50)38(48)37(47)39(49)41(42)51)43-36(46)31-33(44)29-27-25-23-21-19-14-12-10-8-6-4-2/h20,22,28,30,33-35,37-42,44-45,47-51H,3-19,21,23-27,29,31-32H2,1-2H3,(H,43,46)(H,52,53)/b22-20+,30-28+. The predicted octanol–water partition coefficient (Wildman–Crippen LogP) is 6.42. The fourth-order valence-corrected chi connectivity index (χ4v) is 7.87. The average molecular weight is 822 g/mol. The number of nitrogens with one attached hydrogen (secondary N) is 1. The molecule has 0 spiro atoms. The van der Waals surface area contributed by atoms with Crippen LogP contribution in [0.15, 0.2) is 24.3 Å². The lowest BCUT2D eigenvalue weighted by Gasteiger charge is -2.41. The van der Waals surface area contributed by atoms with Crippen LogP contribution in [0.1, 0.15) is 174 Å². The third-order valence-electron chi connectivity index (χ3n) is 10.5. The fourth-order valence-electron chi connectivity index (χ4n) is 6.90.